The molecule has 0 aromatic heterocycles. The predicted molar refractivity (Wildman–Crippen MR) is 72.5 cm³/mol. The first kappa shape index (κ1) is 14.7. The summed E-state index contributed by atoms with van der Waals surface area (Å²) < 4.78 is 2.07. The third-order valence-electron chi connectivity index (χ3n) is 3.06. The molecule has 1 saturated heterocycles. The van der Waals surface area contributed by atoms with E-state index in [0.717, 1.165) is 45.2 Å². The second kappa shape index (κ2) is 7.13. The zero-order chi connectivity index (χ0) is 13.5. The fraction of sp³-hybridized carbons (Fsp3) is 0.833. The van der Waals surface area contributed by atoms with E-state index in [0.29, 0.717) is 0 Å². The van der Waals surface area contributed by atoms with E-state index in [4.69, 9.17) is 0 Å². The van der Waals surface area contributed by atoms with Gasteiger partial charge in [-0.05, 0) is 0 Å². The maximum atomic E-state index is 10.5. The molecule has 0 atom stereocenters. The van der Waals surface area contributed by atoms with E-state index in [1.165, 1.54) is 0 Å². The Morgan fingerprint density at radius 1 is 1.28 bits per heavy atom. The molecular formula is C12H25N5O+2. The van der Waals surface area contributed by atoms with E-state index in [9.17, 15) is 4.79 Å². The molecular weight excluding hydrogens is 230 g/mol. The first-order chi connectivity index (χ1) is 8.54. The minimum Gasteiger partial charge on any atom is -0.296 e. The van der Waals surface area contributed by atoms with Crippen LogP contribution in [0.15, 0.2) is 0 Å². The van der Waals surface area contributed by atoms with Gasteiger partial charge < -0.3 is 0 Å². The van der Waals surface area contributed by atoms with Crippen molar-refractivity contribution in [2.45, 2.75) is 0 Å². The lowest BCUT2D eigenvalue weighted by atomic mass is 10.3. The van der Waals surface area contributed by atoms with Gasteiger partial charge in [0, 0.05) is 19.6 Å². The van der Waals surface area contributed by atoms with Crippen LogP contribution in [-0.2, 0) is 4.79 Å². The van der Waals surface area contributed by atoms with Gasteiger partial charge in [-0.2, -0.15) is 0 Å². The molecule has 0 aromatic carbocycles. The number of amides is 1. The van der Waals surface area contributed by atoms with Crippen LogP contribution in [0.5, 0.6) is 0 Å². The van der Waals surface area contributed by atoms with Crippen molar-refractivity contribution >= 4 is 12.4 Å². The molecule has 18 heavy (non-hydrogen) atoms. The fourth-order valence-corrected chi connectivity index (χ4v) is 2.10. The molecule has 1 aliphatic heterocycles. The number of nitrogens with one attached hydrogen (secondary N) is 1. The highest BCUT2D eigenvalue weighted by Gasteiger charge is 2.23. The quantitative estimate of drug-likeness (QED) is 0.286. The van der Waals surface area contributed by atoms with Crippen molar-refractivity contribution in [3.8, 4) is 0 Å². The van der Waals surface area contributed by atoms with E-state index >= 15 is 0 Å². The zero-order valence-electron chi connectivity index (χ0n) is 11.9. The van der Waals surface area contributed by atoms with Crippen LogP contribution in [0, 0.1) is 0 Å². The number of rotatable bonds is 4. The first-order valence-corrected chi connectivity index (χ1v) is 6.35. The van der Waals surface area contributed by atoms with Crippen molar-refractivity contribution in [1.29, 1.82) is 0 Å². The summed E-state index contributed by atoms with van der Waals surface area (Å²) in [5, 5.41) is 3.43. The van der Waals surface area contributed by atoms with Crippen LogP contribution in [-0.4, -0.2) is 99.1 Å². The molecule has 1 amide bonds. The van der Waals surface area contributed by atoms with Crippen LogP contribution in [0.4, 0.5) is 0 Å². The molecule has 102 valence electrons. The van der Waals surface area contributed by atoms with Gasteiger partial charge in [0.25, 0.3) is 0 Å². The van der Waals surface area contributed by atoms with Crippen molar-refractivity contribution in [2.75, 3.05) is 67.5 Å². The maximum Gasteiger partial charge on any atom is 0.667 e. The number of nitrogens with zero attached hydrogens (tertiary/aromatic N) is 4. The Balaban J connectivity index is 2.26. The highest BCUT2D eigenvalue weighted by molar-refractivity contribution is 5.74. The van der Waals surface area contributed by atoms with Gasteiger partial charge >= 0.3 is 12.4 Å². The first-order valence-electron chi connectivity index (χ1n) is 6.35. The maximum absolute atomic E-state index is 10.5. The van der Waals surface area contributed by atoms with Crippen LogP contribution < -0.4 is 5.32 Å². The van der Waals surface area contributed by atoms with E-state index in [2.05, 4.69) is 19.7 Å². The fourth-order valence-electron chi connectivity index (χ4n) is 2.10. The highest BCUT2D eigenvalue weighted by atomic mass is 16.1. The van der Waals surface area contributed by atoms with E-state index < -0.39 is 0 Å². The molecule has 1 aliphatic rings. The van der Waals surface area contributed by atoms with Crippen molar-refractivity contribution in [1.82, 2.24) is 20.0 Å². The molecule has 0 unspecified atom stereocenters. The Morgan fingerprint density at radius 3 is 2.33 bits per heavy atom. The molecule has 6 heteroatoms. The summed E-state index contributed by atoms with van der Waals surface area (Å²) in [4.78, 5) is 16.6. The number of hydrogen-bond acceptors (Lipinski definition) is 2. The zero-order valence-corrected chi connectivity index (χ0v) is 11.9. The molecule has 0 spiro atoms. The molecule has 0 bridgehead atoms. The smallest absolute Gasteiger partial charge is 0.296 e. The summed E-state index contributed by atoms with van der Waals surface area (Å²) >= 11 is 0. The minimum atomic E-state index is 0.793. The Labute approximate surface area is 110 Å². The summed E-state index contributed by atoms with van der Waals surface area (Å²) in [6.07, 6.45) is 1.95. The van der Waals surface area contributed by atoms with Gasteiger partial charge in [-0.25, -0.2) is 0 Å². The lowest BCUT2D eigenvalue weighted by molar-refractivity contribution is -0.472. The number of carbonyl (C=O) groups excluding carboxylic acids is 1. The second-order valence-corrected chi connectivity index (χ2v) is 4.96. The van der Waals surface area contributed by atoms with Crippen LogP contribution in [0.2, 0.25) is 0 Å². The second-order valence-electron chi connectivity index (χ2n) is 4.96. The lowest BCUT2D eigenvalue weighted by Crippen LogP contribution is -2.49. The minimum absolute atomic E-state index is 0.793. The molecule has 1 fully saturated rings. The average molecular weight is 255 g/mol. The van der Waals surface area contributed by atoms with Crippen LogP contribution in [0.1, 0.15) is 0 Å². The Morgan fingerprint density at radius 2 is 1.89 bits per heavy atom. The van der Waals surface area contributed by atoms with Crippen molar-refractivity contribution in [2.24, 2.45) is 0 Å². The predicted octanol–water partition coefficient (Wildman–Crippen LogP) is -1.55. The average Bonchev–Trinajstić information content (AvgIpc) is 2.34. The van der Waals surface area contributed by atoms with Gasteiger partial charge in [0.15, 0.2) is 0 Å². The molecule has 0 radical (unpaired) electrons. The Bertz CT molecular complexity index is 291. The van der Waals surface area contributed by atoms with Crippen LogP contribution in [0.3, 0.4) is 0 Å². The van der Waals surface area contributed by atoms with E-state index in [1.54, 1.807) is 4.90 Å². The van der Waals surface area contributed by atoms with Gasteiger partial charge in [0.1, 0.15) is 0 Å². The third-order valence-corrected chi connectivity index (χ3v) is 3.06. The van der Waals surface area contributed by atoms with E-state index in [-0.39, 0.29) is 0 Å². The Kier molecular flexibility index (Phi) is 5.82. The lowest BCUT2D eigenvalue weighted by Gasteiger charge is -2.27. The molecule has 1 heterocycles. The summed E-state index contributed by atoms with van der Waals surface area (Å²) in [7, 11) is 8.12. The molecule has 0 saturated carbocycles. The molecule has 6 nitrogen and oxygen atoms in total. The van der Waals surface area contributed by atoms with Crippen molar-refractivity contribution in [3.63, 3.8) is 0 Å². The third kappa shape index (κ3) is 4.47. The van der Waals surface area contributed by atoms with Crippen LogP contribution in [0.25, 0.3) is 0 Å². The van der Waals surface area contributed by atoms with Gasteiger partial charge in [0.2, 0.25) is 0 Å². The number of hydrogen-bond donors (Lipinski definition) is 1. The van der Waals surface area contributed by atoms with Crippen LogP contribution >= 0.6 is 0 Å². The van der Waals surface area contributed by atoms with Gasteiger partial charge in [-0.1, -0.05) is 0 Å². The monoisotopic (exact) mass is 255 g/mol. The van der Waals surface area contributed by atoms with Gasteiger partial charge in [0.05, 0.1) is 52.6 Å². The molecule has 0 aromatic rings. The number of guanidine groups is 1. The van der Waals surface area contributed by atoms with Crippen molar-refractivity contribution in [3.05, 3.63) is 0 Å². The molecule has 1 rings (SSSR count). The SMILES string of the molecule is CN(C)C(NCCN1CCN([C+]=O)CC1)=[N+](C)C. The largest absolute Gasteiger partial charge is 0.667 e. The molecule has 0 aliphatic carbocycles. The normalized spacial score (nSPS) is 16.1. The highest BCUT2D eigenvalue weighted by Crippen LogP contribution is 1.97. The Hall–Kier alpha value is -1.39. The van der Waals surface area contributed by atoms with Crippen molar-refractivity contribution < 1.29 is 9.37 Å². The van der Waals surface area contributed by atoms with E-state index in [1.807, 2.05) is 34.6 Å². The number of piperazine rings is 1. The van der Waals surface area contributed by atoms with Gasteiger partial charge in [-0.3, -0.25) is 19.7 Å². The summed E-state index contributed by atoms with van der Waals surface area (Å²) in [6.45, 7) is 5.38. The summed E-state index contributed by atoms with van der Waals surface area (Å²) in [5.41, 5.74) is 0. The summed E-state index contributed by atoms with van der Waals surface area (Å²) in [5.74, 6) is 1.11. The molecule has 1 N–H and O–H groups in total. The standard InChI is InChI=1S/C12H24N5O/c1-14(2)12(15(3)4)13-5-6-16-7-9-17(11-18)10-8-16/h5-10H2,1-4H3/q+1/p+1. The topological polar surface area (TPSA) is 41.8 Å². The summed E-state index contributed by atoms with van der Waals surface area (Å²) in [6, 6.07) is 0. The van der Waals surface area contributed by atoms with Gasteiger partial charge in [-0.15, -0.1) is 4.90 Å².